The zero-order valence-corrected chi connectivity index (χ0v) is 16.8. The van der Waals surface area contributed by atoms with Gasteiger partial charge in [-0.25, -0.2) is 14.4 Å². The maximum atomic E-state index is 13.5. The van der Waals surface area contributed by atoms with Gasteiger partial charge in [-0.2, -0.15) is 9.37 Å². The van der Waals surface area contributed by atoms with E-state index in [1.54, 1.807) is 20.8 Å². The van der Waals surface area contributed by atoms with Crippen molar-refractivity contribution in [3.63, 3.8) is 0 Å². The second-order valence-corrected chi connectivity index (χ2v) is 6.83. The quantitative estimate of drug-likeness (QED) is 0.293. The number of hydrogen-bond donors (Lipinski definition) is 2. The molecule has 1 aromatic heterocycles. The van der Waals surface area contributed by atoms with E-state index >= 15 is 0 Å². The fourth-order valence-corrected chi connectivity index (χ4v) is 1.93. The second kappa shape index (κ2) is 9.60. The van der Waals surface area contributed by atoms with Crippen LogP contribution in [-0.2, 0) is 23.8 Å². The number of alkyl carbamates (subject to hydrolysis) is 1. The molecule has 10 nitrogen and oxygen atoms in total. The first-order valence-electron chi connectivity index (χ1n) is 7.55. The Morgan fingerprint density at radius 1 is 1.25 bits per heavy atom. The molecule has 0 saturated heterocycles. The zero-order valence-electron chi connectivity index (χ0n) is 15.3. The minimum Gasteiger partial charge on any atom is -0.465 e. The Kier molecular flexibility index (Phi) is 8.06. The van der Waals surface area contributed by atoms with E-state index < -0.39 is 53.3 Å². The highest BCUT2D eigenvalue weighted by atomic mass is 35.5. The first-order valence-corrected chi connectivity index (χ1v) is 8.31. The van der Waals surface area contributed by atoms with Gasteiger partial charge in [0.1, 0.15) is 15.6 Å². The number of nitrogen functional groups attached to an aromatic ring is 1. The molecule has 0 radical (unpaired) electrons. The van der Waals surface area contributed by atoms with Gasteiger partial charge < -0.3 is 24.7 Å². The molecule has 28 heavy (non-hydrogen) atoms. The van der Waals surface area contributed by atoms with Crippen LogP contribution in [0.2, 0.25) is 10.0 Å². The molecule has 0 aliphatic rings. The van der Waals surface area contributed by atoms with Gasteiger partial charge in [-0.3, -0.25) is 5.32 Å². The summed E-state index contributed by atoms with van der Waals surface area (Å²) in [5.74, 6) is -3.91. The normalized spacial score (nSPS) is 12.0. The summed E-state index contributed by atoms with van der Waals surface area (Å²) in [5.41, 5.74) is 4.27. The summed E-state index contributed by atoms with van der Waals surface area (Å²) in [4.78, 5) is 38.6. The van der Waals surface area contributed by atoms with Crippen LogP contribution in [0.25, 0.3) is 0 Å². The van der Waals surface area contributed by atoms with E-state index in [2.05, 4.69) is 9.72 Å². The van der Waals surface area contributed by atoms with E-state index in [0.29, 0.717) is 0 Å². The minimum atomic E-state index is -1.81. The molecule has 0 spiro atoms. The van der Waals surface area contributed by atoms with Crippen LogP contribution in [0.15, 0.2) is 0 Å². The van der Waals surface area contributed by atoms with Crippen LogP contribution >= 0.6 is 23.2 Å². The van der Waals surface area contributed by atoms with Crippen molar-refractivity contribution in [2.24, 2.45) is 0 Å². The standard InChI is InChI=1S/C15H18Cl2FN3O7/c1-15(2,3)28-14(24)21-12(13(23)25-4)27-6(22)5-26-11-8(17)9(19)7(16)10(18)20-11/h12H,5H2,1-4H3,(H2,19,20)(H,21,24). The summed E-state index contributed by atoms with van der Waals surface area (Å²) >= 11 is 11.3. The number of methoxy groups -OCH3 is 1. The van der Waals surface area contributed by atoms with Crippen molar-refractivity contribution < 1.29 is 37.7 Å². The average Bonchev–Trinajstić information content (AvgIpc) is 2.58. The van der Waals surface area contributed by atoms with Crippen molar-refractivity contribution in [2.75, 3.05) is 19.5 Å². The van der Waals surface area contributed by atoms with Gasteiger partial charge in [-0.05, 0) is 20.8 Å². The van der Waals surface area contributed by atoms with Crippen molar-refractivity contribution in [3.8, 4) is 5.88 Å². The molecule has 1 unspecified atom stereocenters. The average molecular weight is 442 g/mol. The van der Waals surface area contributed by atoms with Crippen molar-refractivity contribution in [1.82, 2.24) is 10.3 Å². The molecule has 13 heteroatoms. The third kappa shape index (κ3) is 6.89. The first-order chi connectivity index (χ1) is 12.9. The van der Waals surface area contributed by atoms with Crippen LogP contribution in [0.5, 0.6) is 5.88 Å². The number of ether oxygens (including phenoxy) is 4. The van der Waals surface area contributed by atoms with E-state index in [4.69, 9.17) is 43.1 Å². The number of aromatic nitrogens is 1. The van der Waals surface area contributed by atoms with Gasteiger partial charge in [0.2, 0.25) is 11.8 Å². The molecule has 0 saturated carbocycles. The SMILES string of the molecule is COC(=O)C(NC(=O)OC(C)(C)C)OC(=O)COc1nc(F)c(Cl)c(N)c1Cl. The number of pyridine rings is 1. The van der Waals surface area contributed by atoms with Crippen molar-refractivity contribution in [2.45, 2.75) is 32.6 Å². The molecule has 1 rings (SSSR count). The molecule has 156 valence electrons. The van der Waals surface area contributed by atoms with Gasteiger partial charge in [0.05, 0.1) is 12.8 Å². The number of carbonyl (C=O) groups is 3. The fourth-order valence-electron chi connectivity index (χ4n) is 1.56. The zero-order chi connectivity index (χ0) is 21.6. The number of rotatable bonds is 6. The van der Waals surface area contributed by atoms with Crippen molar-refractivity contribution in [1.29, 1.82) is 0 Å². The molecule has 1 aromatic rings. The number of nitrogens with two attached hydrogens (primary N) is 1. The number of amides is 1. The highest BCUT2D eigenvalue weighted by molar-refractivity contribution is 6.39. The number of esters is 2. The first kappa shape index (κ1) is 23.5. The molecule has 1 heterocycles. The summed E-state index contributed by atoms with van der Waals surface area (Å²) < 4.78 is 32.5. The Morgan fingerprint density at radius 3 is 2.39 bits per heavy atom. The van der Waals surface area contributed by atoms with Crippen LogP contribution in [0.4, 0.5) is 14.9 Å². The van der Waals surface area contributed by atoms with Gasteiger partial charge in [0.25, 0.3) is 6.23 Å². The predicted octanol–water partition coefficient (Wildman–Crippen LogP) is 2.06. The fraction of sp³-hybridized carbons (Fsp3) is 0.467. The van der Waals surface area contributed by atoms with E-state index in [-0.39, 0.29) is 10.7 Å². The van der Waals surface area contributed by atoms with Crippen LogP contribution in [0.3, 0.4) is 0 Å². The van der Waals surface area contributed by atoms with E-state index in [0.717, 1.165) is 7.11 Å². The predicted molar refractivity (Wildman–Crippen MR) is 95.4 cm³/mol. The molecule has 0 aromatic carbocycles. The summed E-state index contributed by atoms with van der Waals surface area (Å²) in [7, 11) is 1.01. The van der Waals surface area contributed by atoms with E-state index in [9.17, 15) is 18.8 Å². The maximum Gasteiger partial charge on any atom is 0.410 e. The number of nitrogens with one attached hydrogen (secondary N) is 1. The lowest BCUT2D eigenvalue weighted by molar-refractivity contribution is -0.169. The van der Waals surface area contributed by atoms with Crippen molar-refractivity contribution >= 4 is 46.9 Å². The number of anilines is 1. The molecule has 0 bridgehead atoms. The van der Waals surface area contributed by atoms with Crippen LogP contribution in [0.1, 0.15) is 20.8 Å². The largest absolute Gasteiger partial charge is 0.465 e. The highest BCUT2D eigenvalue weighted by Gasteiger charge is 2.29. The molecule has 0 fully saturated rings. The number of carbonyl (C=O) groups excluding carboxylic acids is 3. The third-order valence-electron chi connectivity index (χ3n) is 2.68. The smallest absolute Gasteiger partial charge is 0.410 e. The monoisotopic (exact) mass is 441 g/mol. The molecular formula is C15H18Cl2FN3O7. The Bertz CT molecular complexity index is 771. The number of nitrogens with zero attached hydrogens (tertiary/aromatic N) is 1. The molecule has 3 N–H and O–H groups in total. The lowest BCUT2D eigenvalue weighted by Gasteiger charge is -2.22. The lowest BCUT2D eigenvalue weighted by Crippen LogP contribution is -2.47. The minimum absolute atomic E-state index is 0.324. The molecule has 0 aliphatic heterocycles. The van der Waals surface area contributed by atoms with Gasteiger partial charge in [0.15, 0.2) is 6.61 Å². The molecule has 1 atom stereocenters. The summed E-state index contributed by atoms with van der Waals surface area (Å²) in [5, 5.41) is 1.19. The summed E-state index contributed by atoms with van der Waals surface area (Å²) in [6.45, 7) is 3.92. The Labute approximate surface area is 169 Å². The topological polar surface area (TPSA) is 139 Å². The Hall–Kier alpha value is -2.53. The van der Waals surface area contributed by atoms with Crippen LogP contribution < -0.4 is 15.8 Å². The molecular weight excluding hydrogens is 424 g/mol. The summed E-state index contributed by atoms with van der Waals surface area (Å²) in [6.07, 6.45) is -2.85. The number of halogens is 3. The van der Waals surface area contributed by atoms with Crippen LogP contribution in [0, 0.1) is 5.95 Å². The molecule has 1 amide bonds. The van der Waals surface area contributed by atoms with Gasteiger partial charge >= 0.3 is 18.0 Å². The van der Waals surface area contributed by atoms with Gasteiger partial charge in [-0.15, -0.1) is 0 Å². The van der Waals surface area contributed by atoms with Crippen molar-refractivity contribution in [3.05, 3.63) is 16.0 Å². The summed E-state index contributed by atoms with van der Waals surface area (Å²) in [6, 6.07) is 0. The second-order valence-electron chi connectivity index (χ2n) is 6.08. The van der Waals surface area contributed by atoms with E-state index in [1.165, 1.54) is 0 Å². The highest BCUT2D eigenvalue weighted by Crippen LogP contribution is 2.35. The Morgan fingerprint density at radius 2 is 1.86 bits per heavy atom. The van der Waals surface area contributed by atoms with Gasteiger partial charge in [-0.1, -0.05) is 23.2 Å². The van der Waals surface area contributed by atoms with E-state index in [1.807, 2.05) is 5.32 Å². The number of hydrogen-bond acceptors (Lipinski definition) is 9. The maximum absolute atomic E-state index is 13.5. The van der Waals surface area contributed by atoms with Gasteiger partial charge in [0, 0.05) is 0 Å². The lowest BCUT2D eigenvalue weighted by atomic mass is 10.2. The Balaban J connectivity index is 2.77. The third-order valence-corrected chi connectivity index (χ3v) is 3.41. The molecule has 0 aliphatic carbocycles. The van der Waals surface area contributed by atoms with Crippen LogP contribution in [-0.4, -0.2) is 48.6 Å².